The van der Waals surface area contributed by atoms with E-state index in [0.717, 1.165) is 25.8 Å². The molecule has 0 radical (unpaired) electrons. The number of nitrogens with zero attached hydrogens (tertiary/aromatic N) is 2. The van der Waals surface area contributed by atoms with Crippen LogP contribution in [-0.4, -0.2) is 62.4 Å². The van der Waals surface area contributed by atoms with Gasteiger partial charge in [0, 0.05) is 31.2 Å². The predicted molar refractivity (Wildman–Crippen MR) is 107 cm³/mol. The average Bonchev–Trinajstić information content (AvgIpc) is 2.90. The van der Waals surface area contributed by atoms with Gasteiger partial charge in [-0.05, 0) is 54.4 Å². The lowest BCUT2D eigenvalue weighted by atomic mass is 9.65. The summed E-state index contributed by atoms with van der Waals surface area (Å²) in [7, 11) is -3.53. The van der Waals surface area contributed by atoms with Gasteiger partial charge in [-0.25, -0.2) is 8.42 Å². The van der Waals surface area contributed by atoms with Crippen LogP contribution in [0.4, 0.5) is 0 Å². The number of morpholine rings is 1. The van der Waals surface area contributed by atoms with Crippen molar-refractivity contribution < 1.29 is 17.9 Å². The zero-order valence-electron chi connectivity index (χ0n) is 17.0. The van der Waals surface area contributed by atoms with Crippen molar-refractivity contribution in [3.05, 3.63) is 29.8 Å². The minimum absolute atomic E-state index is 0.0155. The van der Waals surface area contributed by atoms with Crippen molar-refractivity contribution in [2.24, 2.45) is 10.8 Å². The minimum Gasteiger partial charge on any atom is -0.379 e. The van der Waals surface area contributed by atoms with Gasteiger partial charge in [0.25, 0.3) is 5.91 Å². The SMILES string of the molecule is CC1(C)C[C@H]2C[C@@](C)(CN2C(=O)c2ccc(S(=O)(=O)N3CCOCC3)cc2)C1. The minimum atomic E-state index is -3.53. The lowest BCUT2D eigenvalue weighted by Crippen LogP contribution is -2.40. The van der Waals surface area contributed by atoms with Gasteiger partial charge in [0.1, 0.15) is 0 Å². The van der Waals surface area contributed by atoms with Gasteiger partial charge in [0.2, 0.25) is 10.0 Å². The number of ether oxygens (including phenoxy) is 1. The van der Waals surface area contributed by atoms with E-state index in [0.29, 0.717) is 31.9 Å². The molecule has 0 unspecified atom stereocenters. The molecule has 2 bridgehead atoms. The van der Waals surface area contributed by atoms with Gasteiger partial charge in [-0.1, -0.05) is 20.8 Å². The first-order valence-electron chi connectivity index (χ1n) is 10.1. The number of hydrogen-bond acceptors (Lipinski definition) is 4. The van der Waals surface area contributed by atoms with Crippen molar-refractivity contribution in [3.63, 3.8) is 0 Å². The van der Waals surface area contributed by atoms with Crippen LogP contribution >= 0.6 is 0 Å². The molecule has 0 spiro atoms. The molecule has 1 saturated carbocycles. The molecule has 2 heterocycles. The summed E-state index contributed by atoms with van der Waals surface area (Å²) in [6, 6.07) is 6.72. The Kier molecular flexibility index (Phi) is 4.83. The Morgan fingerprint density at radius 2 is 1.71 bits per heavy atom. The Morgan fingerprint density at radius 1 is 1.07 bits per heavy atom. The molecular weight excluding hydrogens is 376 g/mol. The van der Waals surface area contributed by atoms with Crippen molar-refractivity contribution >= 4 is 15.9 Å². The molecular formula is C21H30N2O4S. The molecule has 3 fully saturated rings. The van der Waals surface area contributed by atoms with Crippen LogP contribution in [0.1, 0.15) is 50.4 Å². The molecule has 28 heavy (non-hydrogen) atoms. The highest BCUT2D eigenvalue weighted by Crippen LogP contribution is 2.52. The Balaban J connectivity index is 1.52. The smallest absolute Gasteiger partial charge is 0.254 e. The lowest BCUT2D eigenvalue weighted by Gasteiger charge is -2.39. The molecule has 7 heteroatoms. The molecule has 1 aliphatic carbocycles. The number of sulfonamides is 1. The number of carbonyl (C=O) groups is 1. The lowest BCUT2D eigenvalue weighted by molar-refractivity contribution is 0.0708. The van der Waals surface area contributed by atoms with E-state index in [1.165, 1.54) is 4.31 Å². The highest BCUT2D eigenvalue weighted by molar-refractivity contribution is 7.89. The van der Waals surface area contributed by atoms with Crippen molar-refractivity contribution in [1.82, 2.24) is 9.21 Å². The van der Waals surface area contributed by atoms with E-state index in [-0.39, 0.29) is 27.7 Å². The molecule has 1 amide bonds. The third kappa shape index (κ3) is 3.60. The zero-order chi connectivity index (χ0) is 20.2. The van der Waals surface area contributed by atoms with Gasteiger partial charge in [0.05, 0.1) is 18.1 Å². The summed E-state index contributed by atoms with van der Waals surface area (Å²) >= 11 is 0. The number of rotatable bonds is 3. The first-order chi connectivity index (χ1) is 13.1. The fraction of sp³-hybridized carbons (Fsp3) is 0.667. The Morgan fingerprint density at radius 3 is 2.36 bits per heavy atom. The Labute approximate surface area is 167 Å². The molecule has 3 aliphatic rings. The Hall–Kier alpha value is -1.44. The van der Waals surface area contributed by atoms with Crippen LogP contribution in [-0.2, 0) is 14.8 Å². The number of likely N-dealkylation sites (tertiary alicyclic amines) is 1. The molecule has 4 rings (SSSR count). The topological polar surface area (TPSA) is 66.9 Å². The Bertz CT molecular complexity index is 859. The van der Waals surface area contributed by atoms with Gasteiger partial charge in [-0.2, -0.15) is 4.31 Å². The summed E-state index contributed by atoms with van der Waals surface area (Å²) in [6.45, 7) is 9.22. The molecule has 2 aliphatic heterocycles. The quantitative estimate of drug-likeness (QED) is 0.774. The molecule has 1 aromatic rings. The first-order valence-corrected chi connectivity index (χ1v) is 11.5. The summed E-state index contributed by atoms with van der Waals surface area (Å²) < 4.78 is 32.2. The highest BCUT2D eigenvalue weighted by Gasteiger charge is 2.51. The third-order valence-electron chi connectivity index (χ3n) is 6.38. The van der Waals surface area contributed by atoms with E-state index in [9.17, 15) is 13.2 Å². The van der Waals surface area contributed by atoms with Crippen LogP contribution in [0.5, 0.6) is 0 Å². The van der Waals surface area contributed by atoms with E-state index in [1.54, 1.807) is 24.3 Å². The van der Waals surface area contributed by atoms with Crippen LogP contribution in [0.15, 0.2) is 29.2 Å². The molecule has 2 atom stereocenters. The van der Waals surface area contributed by atoms with Gasteiger partial charge in [0.15, 0.2) is 0 Å². The number of amides is 1. The second-order valence-corrected chi connectivity index (χ2v) is 11.6. The van der Waals surface area contributed by atoms with Crippen LogP contribution in [0.3, 0.4) is 0 Å². The number of carbonyl (C=O) groups excluding carboxylic acids is 1. The van der Waals surface area contributed by atoms with E-state index < -0.39 is 10.0 Å². The van der Waals surface area contributed by atoms with Crippen LogP contribution < -0.4 is 0 Å². The van der Waals surface area contributed by atoms with Crippen molar-refractivity contribution in [3.8, 4) is 0 Å². The molecule has 0 aromatic heterocycles. The molecule has 1 aromatic carbocycles. The van der Waals surface area contributed by atoms with Gasteiger partial charge in [-0.3, -0.25) is 4.79 Å². The first kappa shape index (κ1) is 19.9. The maximum Gasteiger partial charge on any atom is 0.254 e. The van der Waals surface area contributed by atoms with Crippen LogP contribution in [0.25, 0.3) is 0 Å². The molecule has 0 N–H and O–H groups in total. The fourth-order valence-corrected chi connectivity index (χ4v) is 6.98. The maximum atomic E-state index is 13.2. The van der Waals surface area contributed by atoms with Gasteiger partial charge >= 0.3 is 0 Å². The highest BCUT2D eigenvalue weighted by atomic mass is 32.2. The van der Waals surface area contributed by atoms with Crippen LogP contribution in [0.2, 0.25) is 0 Å². The predicted octanol–water partition coefficient (Wildman–Crippen LogP) is 2.75. The molecule has 6 nitrogen and oxygen atoms in total. The molecule has 154 valence electrons. The second-order valence-electron chi connectivity index (χ2n) is 9.69. The van der Waals surface area contributed by atoms with E-state index in [1.807, 2.05) is 4.90 Å². The monoisotopic (exact) mass is 406 g/mol. The summed E-state index contributed by atoms with van der Waals surface area (Å²) in [5.41, 5.74) is 1.000. The van der Waals surface area contributed by atoms with E-state index in [4.69, 9.17) is 4.74 Å². The summed E-state index contributed by atoms with van der Waals surface area (Å²) in [5.74, 6) is 0.0155. The number of hydrogen-bond donors (Lipinski definition) is 0. The van der Waals surface area contributed by atoms with Crippen molar-refractivity contribution in [1.29, 1.82) is 0 Å². The number of benzene rings is 1. The largest absolute Gasteiger partial charge is 0.379 e. The zero-order valence-corrected chi connectivity index (χ0v) is 17.8. The third-order valence-corrected chi connectivity index (χ3v) is 8.30. The van der Waals surface area contributed by atoms with Gasteiger partial charge in [-0.15, -0.1) is 0 Å². The van der Waals surface area contributed by atoms with E-state index >= 15 is 0 Å². The van der Waals surface area contributed by atoms with Crippen LogP contribution in [0, 0.1) is 10.8 Å². The fourth-order valence-electron chi connectivity index (χ4n) is 5.57. The molecule has 2 saturated heterocycles. The normalized spacial score (nSPS) is 30.4. The van der Waals surface area contributed by atoms with Crippen molar-refractivity contribution in [2.45, 2.75) is 51.0 Å². The number of fused-ring (bicyclic) bond motifs is 2. The van der Waals surface area contributed by atoms with E-state index in [2.05, 4.69) is 20.8 Å². The van der Waals surface area contributed by atoms with Crippen molar-refractivity contribution in [2.75, 3.05) is 32.8 Å². The average molecular weight is 407 g/mol. The van der Waals surface area contributed by atoms with Gasteiger partial charge < -0.3 is 9.64 Å². The maximum absolute atomic E-state index is 13.2. The second kappa shape index (κ2) is 6.82. The standard InChI is InChI=1S/C21H30N2O4S/c1-20(2)12-17-13-21(3,14-20)15-23(17)19(24)16-4-6-18(7-5-16)28(25,26)22-8-10-27-11-9-22/h4-7,17H,8-15H2,1-3H3/t17-,21+/m0/s1. The summed E-state index contributed by atoms with van der Waals surface area (Å²) in [5, 5.41) is 0. The summed E-state index contributed by atoms with van der Waals surface area (Å²) in [6.07, 6.45) is 3.22. The summed E-state index contributed by atoms with van der Waals surface area (Å²) in [4.78, 5) is 15.4.